The van der Waals surface area contributed by atoms with E-state index in [1.54, 1.807) is 36.1 Å². The van der Waals surface area contributed by atoms with Crippen LogP contribution in [0, 0.1) is 5.82 Å². The van der Waals surface area contributed by atoms with Crippen molar-refractivity contribution in [1.82, 2.24) is 19.1 Å². The molecular formula is C25H19FN4O4. The van der Waals surface area contributed by atoms with Crippen molar-refractivity contribution in [2.45, 2.75) is 13.0 Å². The summed E-state index contributed by atoms with van der Waals surface area (Å²) < 4.78 is 24.3. The highest BCUT2D eigenvalue weighted by Gasteiger charge is 2.30. The molecular weight excluding hydrogens is 439 g/mol. The Morgan fingerprint density at radius 2 is 2.12 bits per heavy atom. The molecule has 0 unspecified atom stereocenters. The number of halogens is 1. The molecule has 0 saturated heterocycles. The van der Waals surface area contributed by atoms with Crippen LogP contribution >= 0.6 is 0 Å². The minimum Gasteiger partial charge on any atom is -0.492 e. The van der Waals surface area contributed by atoms with Gasteiger partial charge >= 0.3 is 5.97 Å². The van der Waals surface area contributed by atoms with Gasteiger partial charge in [0.25, 0.3) is 5.56 Å². The van der Waals surface area contributed by atoms with Crippen molar-refractivity contribution in [3.8, 4) is 16.9 Å². The van der Waals surface area contributed by atoms with Crippen LogP contribution in [0.25, 0.3) is 33.1 Å². The number of nitrogens with zero attached hydrogens (tertiary/aromatic N) is 3. The highest BCUT2D eigenvalue weighted by atomic mass is 19.1. The minimum atomic E-state index is -1.22. The molecule has 0 spiro atoms. The van der Waals surface area contributed by atoms with Gasteiger partial charge in [-0.05, 0) is 29.8 Å². The number of aromatic amines is 1. The first kappa shape index (κ1) is 20.2. The van der Waals surface area contributed by atoms with Gasteiger partial charge in [-0.25, -0.2) is 14.2 Å². The van der Waals surface area contributed by atoms with Gasteiger partial charge in [0.2, 0.25) is 0 Å². The number of fused-ring (bicyclic) bond motifs is 4. The quantitative estimate of drug-likeness (QED) is 0.428. The maximum Gasteiger partial charge on any atom is 0.353 e. The Morgan fingerprint density at radius 1 is 1.26 bits per heavy atom. The topological polar surface area (TPSA) is 102 Å². The number of nitrogens with one attached hydrogen (secondary N) is 1. The van der Waals surface area contributed by atoms with Crippen LogP contribution in [0.3, 0.4) is 0 Å². The molecule has 6 rings (SSSR count). The fourth-order valence-corrected chi connectivity index (χ4v) is 4.83. The van der Waals surface area contributed by atoms with Crippen LogP contribution in [0.5, 0.6) is 5.75 Å². The number of aryl methyl sites for hydroxylation is 1. The van der Waals surface area contributed by atoms with Crippen LogP contribution in [0.4, 0.5) is 4.39 Å². The summed E-state index contributed by atoms with van der Waals surface area (Å²) in [5.41, 5.74) is 3.00. The van der Waals surface area contributed by atoms with Gasteiger partial charge in [0, 0.05) is 36.9 Å². The first-order valence-corrected chi connectivity index (χ1v) is 10.8. The smallest absolute Gasteiger partial charge is 0.353 e. The Labute approximate surface area is 191 Å². The number of ether oxygens (including phenoxy) is 1. The van der Waals surface area contributed by atoms with Gasteiger partial charge in [-0.15, -0.1) is 0 Å². The summed E-state index contributed by atoms with van der Waals surface area (Å²) in [6.07, 6.45) is 3.78. The molecule has 3 aromatic heterocycles. The van der Waals surface area contributed by atoms with Crippen molar-refractivity contribution < 1.29 is 19.0 Å². The van der Waals surface area contributed by atoms with Gasteiger partial charge in [-0.1, -0.05) is 6.07 Å². The highest BCUT2D eigenvalue weighted by Crippen LogP contribution is 2.43. The lowest BCUT2D eigenvalue weighted by Gasteiger charge is -2.11. The van der Waals surface area contributed by atoms with E-state index in [9.17, 15) is 14.7 Å². The molecule has 0 amide bonds. The summed E-state index contributed by atoms with van der Waals surface area (Å²) in [5, 5.41) is 10.8. The van der Waals surface area contributed by atoms with E-state index in [4.69, 9.17) is 4.74 Å². The predicted octanol–water partition coefficient (Wildman–Crippen LogP) is 3.70. The number of aromatic nitrogens is 4. The van der Waals surface area contributed by atoms with E-state index in [1.165, 1.54) is 16.8 Å². The summed E-state index contributed by atoms with van der Waals surface area (Å²) in [4.78, 5) is 32.3. The molecule has 1 aliphatic heterocycles. The van der Waals surface area contributed by atoms with Crippen LogP contribution < -0.4 is 10.3 Å². The second-order valence-corrected chi connectivity index (χ2v) is 8.36. The van der Waals surface area contributed by atoms with Crippen LogP contribution in [0.1, 0.15) is 21.6 Å². The fraction of sp³-hybridized carbons (Fsp3) is 0.160. The predicted molar refractivity (Wildman–Crippen MR) is 124 cm³/mol. The van der Waals surface area contributed by atoms with Crippen molar-refractivity contribution in [1.29, 1.82) is 0 Å². The number of rotatable bonds is 4. The average molecular weight is 458 g/mol. The van der Waals surface area contributed by atoms with Crippen molar-refractivity contribution in [2.24, 2.45) is 7.05 Å². The zero-order chi connectivity index (χ0) is 23.6. The Balaban J connectivity index is 1.68. The standard InChI is InChI=1S/C25H19FN4O4/c1-29-12-28-17-9-14(16(26)10-19(17)29)11-30-18-5-4-13-6-8-34-23(13)21(18)20(22(30)25(32)33)15-3-2-7-27-24(15)31/h2-5,7,9-10,12H,6,8,11H2,1H3,(H,27,31)(H,32,33). The first-order valence-electron chi connectivity index (χ1n) is 10.8. The molecule has 2 N–H and O–H groups in total. The largest absolute Gasteiger partial charge is 0.492 e. The zero-order valence-electron chi connectivity index (χ0n) is 18.1. The van der Waals surface area contributed by atoms with E-state index in [1.807, 2.05) is 12.1 Å². The zero-order valence-corrected chi connectivity index (χ0v) is 18.1. The van der Waals surface area contributed by atoms with E-state index >= 15 is 4.39 Å². The van der Waals surface area contributed by atoms with E-state index < -0.39 is 17.3 Å². The molecule has 5 aromatic rings. The van der Waals surface area contributed by atoms with Gasteiger partial charge in [-0.3, -0.25) is 4.79 Å². The van der Waals surface area contributed by atoms with Crippen LogP contribution in [-0.2, 0) is 20.0 Å². The highest BCUT2D eigenvalue weighted by molar-refractivity contribution is 6.11. The number of pyridine rings is 1. The van der Waals surface area contributed by atoms with Crippen molar-refractivity contribution in [3.63, 3.8) is 0 Å². The Morgan fingerprint density at radius 3 is 2.91 bits per heavy atom. The fourth-order valence-electron chi connectivity index (χ4n) is 4.83. The third kappa shape index (κ3) is 2.86. The van der Waals surface area contributed by atoms with Crippen molar-refractivity contribution in [2.75, 3.05) is 6.61 Å². The van der Waals surface area contributed by atoms with Gasteiger partial charge in [0.05, 0.1) is 47.0 Å². The monoisotopic (exact) mass is 458 g/mol. The SMILES string of the molecule is Cn1cnc2cc(Cn3c(C(=O)O)c(-c4ccc[nH]c4=O)c4c5c(ccc43)CCO5)c(F)cc21. The molecule has 0 aliphatic carbocycles. The van der Waals surface area contributed by atoms with Crippen LogP contribution in [0.15, 0.2) is 53.7 Å². The summed E-state index contributed by atoms with van der Waals surface area (Å²) in [7, 11) is 1.78. The molecule has 8 nitrogen and oxygen atoms in total. The average Bonchev–Trinajstić information content (AvgIpc) is 3.51. The number of H-pyrrole nitrogens is 1. The number of aromatic carboxylic acids is 1. The van der Waals surface area contributed by atoms with Crippen LogP contribution in [0.2, 0.25) is 0 Å². The van der Waals surface area contributed by atoms with E-state index in [0.29, 0.717) is 46.3 Å². The van der Waals surface area contributed by atoms with Crippen molar-refractivity contribution in [3.05, 3.63) is 81.9 Å². The normalized spacial score (nSPS) is 12.9. The summed E-state index contributed by atoms with van der Waals surface area (Å²) >= 11 is 0. The van der Waals surface area contributed by atoms with E-state index in [2.05, 4.69) is 9.97 Å². The molecule has 9 heteroatoms. The van der Waals surface area contributed by atoms with Gasteiger partial charge in [0.1, 0.15) is 17.3 Å². The molecule has 0 saturated carbocycles. The molecule has 34 heavy (non-hydrogen) atoms. The number of hydrogen-bond acceptors (Lipinski definition) is 4. The number of carboxylic acid groups (broad SMARTS) is 1. The molecule has 2 aromatic carbocycles. The maximum atomic E-state index is 15.1. The van der Waals surface area contributed by atoms with E-state index in [-0.39, 0.29) is 23.4 Å². The second kappa shape index (κ2) is 7.31. The number of benzene rings is 2. The number of imidazole rings is 1. The van der Waals surface area contributed by atoms with E-state index in [0.717, 1.165) is 5.56 Å². The second-order valence-electron chi connectivity index (χ2n) is 8.36. The molecule has 0 radical (unpaired) electrons. The first-order chi connectivity index (χ1) is 16.4. The molecule has 1 aliphatic rings. The molecule has 0 bridgehead atoms. The Bertz CT molecular complexity index is 1700. The van der Waals surface area contributed by atoms with Gasteiger partial charge < -0.3 is 24.0 Å². The lowest BCUT2D eigenvalue weighted by molar-refractivity contribution is 0.0687. The lowest BCUT2D eigenvalue weighted by atomic mass is 10.0. The summed E-state index contributed by atoms with van der Waals surface area (Å²) in [6.45, 7) is 0.414. The minimum absolute atomic E-state index is 0.0555. The van der Waals surface area contributed by atoms with Crippen LogP contribution in [-0.4, -0.2) is 36.8 Å². The molecule has 0 fully saturated rings. The van der Waals surface area contributed by atoms with Crippen molar-refractivity contribution >= 4 is 27.9 Å². The third-order valence-electron chi connectivity index (χ3n) is 6.39. The maximum absolute atomic E-state index is 15.1. The van der Waals surface area contributed by atoms with Gasteiger partial charge in [-0.2, -0.15) is 0 Å². The Hall–Kier alpha value is -4.40. The molecule has 0 atom stereocenters. The number of carboxylic acids is 1. The summed E-state index contributed by atoms with van der Waals surface area (Å²) in [6, 6.07) is 9.95. The number of hydrogen-bond donors (Lipinski definition) is 2. The molecule has 170 valence electrons. The lowest BCUT2D eigenvalue weighted by Crippen LogP contribution is -2.14. The Kier molecular flexibility index (Phi) is 4.35. The van der Waals surface area contributed by atoms with Gasteiger partial charge in [0.15, 0.2) is 0 Å². The molecule has 4 heterocycles. The summed E-state index contributed by atoms with van der Waals surface area (Å²) in [5.74, 6) is -1.12. The number of carbonyl (C=O) groups is 1. The third-order valence-corrected chi connectivity index (χ3v) is 6.39.